The van der Waals surface area contributed by atoms with Crippen LogP contribution in [0.15, 0.2) is 24.3 Å². The van der Waals surface area contributed by atoms with Crippen molar-refractivity contribution >= 4 is 5.69 Å². The molecular formula is C11H16N2O3. The molecule has 0 fully saturated rings. The van der Waals surface area contributed by atoms with Crippen molar-refractivity contribution in [3.63, 3.8) is 0 Å². The van der Waals surface area contributed by atoms with Crippen LogP contribution in [-0.4, -0.2) is 11.5 Å². The molecule has 1 rings (SSSR count). The van der Waals surface area contributed by atoms with E-state index < -0.39 is 4.92 Å². The van der Waals surface area contributed by atoms with Crippen molar-refractivity contribution in [2.75, 3.05) is 6.61 Å². The fraction of sp³-hybridized carbons (Fsp3) is 0.455. The maximum atomic E-state index is 10.6. The van der Waals surface area contributed by atoms with E-state index in [1.54, 1.807) is 12.1 Å². The molecule has 0 aliphatic carbocycles. The number of rotatable bonds is 6. The quantitative estimate of drug-likeness (QED) is 0.595. The van der Waals surface area contributed by atoms with Gasteiger partial charge < -0.3 is 4.84 Å². The monoisotopic (exact) mass is 224 g/mol. The highest BCUT2D eigenvalue weighted by molar-refractivity contribution is 5.35. The first-order valence-corrected chi connectivity index (χ1v) is 5.30. The second-order valence-corrected chi connectivity index (χ2v) is 3.36. The summed E-state index contributed by atoms with van der Waals surface area (Å²) in [5.74, 6) is 0. The highest BCUT2D eigenvalue weighted by Gasteiger charge is 2.12. The Morgan fingerprint density at radius 3 is 2.81 bits per heavy atom. The summed E-state index contributed by atoms with van der Waals surface area (Å²) in [6.07, 6.45) is 0.807. The molecule has 0 amide bonds. The van der Waals surface area contributed by atoms with Crippen LogP contribution in [0.3, 0.4) is 0 Å². The molecule has 0 aliphatic rings. The van der Waals surface area contributed by atoms with Gasteiger partial charge in [0.05, 0.1) is 17.6 Å². The molecule has 1 aromatic carbocycles. The predicted octanol–water partition coefficient (Wildman–Crippen LogP) is 2.59. The summed E-state index contributed by atoms with van der Waals surface area (Å²) in [7, 11) is 0. The number of non-ortho nitro benzene ring substituents is 1. The van der Waals surface area contributed by atoms with Gasteiger partial charge in [-0.25, -0.2) is 0 Å². The Morgan fingerprint density at radius 1 is 1.50 bits per heavy atom. The molecule has 0 radical (unpaired) electrons. The van der Waals surface area contributed by atoms with E-state index in [1.165, 1.54) is 6.07 Å². The minimum absolute atomic E-state index is 0.0140. The van der Waals surface area contributed by atoms with Crippen molar-refractivity contribution < 1.29 is 9.76 Å². The molecule has 88 valence electrons. The Hall–Kier alpha value is -1.46. The van der Waals surface area contributed by atoms with E-state index in [2.05, 4.69) is 5.48 Å². The van der Waals surface area contributed by atoms with Crippen molar-refractivity contribution in [1.29, 1.82) is 0 Å². The van der Waals surface area contributed by atoms with Gasteiger partial charge in [0.25, 0.3) is 5.69 Å². The molecule has 5 nitrogen and oxygen atoms in total. The minimum atomic E-state index is -0.392. The lowest BCUT2D eigenvalue weighted by Crippen LogP contribution is -2.21. The van der Waals surface area contributed by atoms with Crippen LogP contribution < -0.4 is 5.48 Å². The van der Waals surface area contributed by atoms with Gasteiger partial charge in [-0.05, 0) is 18.9 Å². The Labute approximate surface area is 94.5 Å². The Kier molecular flexibility index (Phi) is 4.88. The molecule has 1 aromatic rings. The second-order valence-electron chi connectivity index (χ2n) is 3.36. The van der Waals surface area contributed by atoms with E-state index in [0.29, 0.717) is 6.61 Å². The minimum Gasteiger partial charge on any atom is -0.302 e. The number of hydrogen-bond donors (Lipinski definition) is 1. The van der Waals surface area contributed by atoms with Gasteiger partial charge in [0.15, 0.2) is 0 Å². The van der Waals surface area contributed by atoms with Crippen molar-refractivity contribution in [2.45, 2.75) is 26.3 Å². The first kappa shape index (κ1) is 12.6. The summed E-state index contributed by atoms with van der Waals surface area (Å²) in [6.45, 7) is 4.44. The van der Waals surface area contributed by atoms with Crippen LogP contribution >= 0.6 is 0 Å². The molecule has 1 unspecified atom stereocenters. The van der Waals surface area contributed by atoms with E-state index in [1.807, 2.05) is 19.9 Å². The second kappa shape index (κ2) is 6.19. The summed E-state index contributed by atoms with van der Waals surface area (Å²) in [6, 6.07) is 6.58. The fourth-order valence-corrected chi connectivity index (χ4v) is 1.43. The molecule has 0 aromatic heterocycles. The lowest BCUT2D eigenvalue weighted by Gasteiger charge is -2.16. The summed E-state index contributed by atoms with van der Waals surface area (Å²) < 4.78 is 0. The smallest absolute Gasteiger partial charge is 0.269 e. The lowest BCUT2D eigenvalue weighted by atomic mass is 10.1. The summed E-state index contributed by atoms with van der Waals surface area (Å²) in [5.41, 5.74) is 3.85. The molecule has 0 saturated heterocycles. The Balaban J connectivity index is 2.83. The first-order chi connectivity index (χ1) is 7.69. The van der Waals surface area contributed by atoms with Crippen LogP contribution in [0.1, 0.15) is 31.9 Å². The number of nitrogens with zero attached hydrogens (tertiary/aromatic N) is 1. The number of benzene rings is 1. The van der Waals surface area contributed by atoms with E-state index in [4.69, 9.17) is 4.84 Å². The number of hydrogen-bond acceptors (Lipinski definition) is 4. The van der Waals surface area contributed by atoms with Crippen molar-refractivity contribution in [3.8, 4) is 0 Å². The van der Waals surface area contributed by atoms with Gasteiger partial charge in [0.1, 0.15) is 0 Å². The third-order valence-corrected chi connectivity index (χ3v) is 2.26. The molecule has 0 aliphatic heterocycles. The third kappa shape index (κ3) is 3.29. The topological polar surface area (TPSA) is 64.4 Å². The highest BCUT2D eigenvalue weighted by Crippen LogP contribution is 2.21. The van der Waals surface area contributed by atoms with Gasteiger partial charge in [-0.3, -0.25) is 10.1 Å². The summed E-state index contributed by atoms with van der Waals surface area (Å²) in [4.78, 5) is 15.4. The Bertz CT molecular complexity index is 355. The van der Waals surface area contributed by atoms with E-state index >= 15 is 0 Å². The van der Waals surface area contributed by atoms with E-state index in [9.17, 15) is 10.1 Å². The molecule has 0 heterocycles. The van der Waals surface area contributed by atoms with Gasteiger partial charge in [-0.15, -0.1) is 0 Å². The lowest BCUT2D eigenvalue weighted by molar-refractivity contribution is -0.384. The standard InChI is InChI=1S/C11H16N2O3/c1-3-11(12-16-4-2)9-6-5-7-10(8-9)13(14)15/h5-8,11-12H,3-4H2,1-2H3. The summed E-state index contributed by atoms with van der Waals surface area (Å²) >= 11 is 0. The molecular weight excluding hydrogens is 208 g/mol. The molecule has 16 heavy (non-hydrogen) atoms. The zero-order valence-corrected chi connectivity index (χ0v) is 9.47. The number of nitro benzene ring substituents is 1. The van der Waals surface area contributed by atoms with Gasteiger partial charge in [0.2, 0.25) is 0 Å². The zero-order chi connectivity index (χ0) is 12.0. The van der Waals surface area contributed by atoms with E-state index in [0.717, 1.165) is 12.0 Å². The van der Waals surface area contributed by atoms with Crippen LogP contribution in [0.5, 0.6) is 0 Å². The summed E-state index contributed by atoms with van der Waals surface area (Å²) in [5, 5.41) is 10.6. The molecule has 0 spiro atoms. The normalized spacial score (nSPS) is 12.4. The maximum absolute atomic E-state index is 10.6. The average Bonchev–Trinajstić information content (AvgIpc) is 2.30. The Morgan fingerprint density at radius 2 is 2.25 bits per heavy atom. The average molecular weight is 224 g/mol. The van der Waals surface area contributed by atoms with Crippen LogP contribution in [0.25, 0.3) is 0 Å². The van der Waals surface area contributed by atoms with Crippen LogP contribution in [0.4, 0.5) is 5.69 Å². The third-order valence-electron chi connectivity index (χ3n) is 2.26. The van der Waals surface area contributed by atoms with Gasteiger partial charge in [0, 0.05) is 12.1 Å². The van der Waals surface area contributed by atoms with Crippen molar-refractivity contribution in [1.82, 2.24) is 5.48 Å². The number of nitrogens with one attached hydrogen (secondary N) is 1. The number of hydroxylamine groups is 1. The van der Waals surface area contributed by atoms with Gasteiger partial charge in [-0.1, -0.05) is 19.1 Å². The molecule has 5 heteroatoms. The molecule has 0 bridgehead atoms. The maximum Gasteiger partial charge on any atom is 0.269 e. The molecule has 0 saturated carbocycles. The molecule has 1 atom stereocenters. The number of nitro groups is 1. The van der Waals surface area contributed by atoms with Crippen LogP contribution in [0.2, 0.25) is 0 Å². The van der Waals surface area contributed by atoms with Crippen molar-refractivity contribution in [2.24, 2.45) is 0 Å². The fourth-order valence-electron chi connectivity index (χ4n) is 1.43. The van der Waals surface area contributed by atoms with Crippen LogP contribution in [0, 0.1) is 10.1 Å². The zero-order valence-electron chi connectivity index (χ0n) is 9.47. The van der Waals surface area contributed by atoms with Crippen LogP contribution in [-0.2, 0) is 4.84 Å². The van der Waals surface area contributed by atoms with Crippen molar-refractivity contribution in [3.05, 3.63) is 39.9 Å². The van der Waals surface area contributed by atoms with Gasteiger partial charge >= 0.3 is 0 Å². The predicted molar refractivity (Wildman–Crippen MR) is 60.9 cm³/mol. The SMILES string of the molecule is CCONC(CC)c1cccc([N+](=O)[O-])c1. The first-order valence-electron chi connectivity index (χ1n) is 5.30. The largest absolute Gasteiger partial charge is 0.302 e. The highest BCUT2D eigenvalue weighted by atomic mass is 16.6. The van der Waals surface area contributed by atoms with E-state index in [-0.39, 0.29) is 11.7 Å². The van der Waals surface area contributed by atoms with Gasteiger partial charge in [-0.2, -0.15) is 5.48 Å². The molecule has 1 N–H and O–H groups in total.